The van der Waals surface area contributed by atoms with E-state index in [4.69, 9.17) is 5.11 Å². The molecule has 17 heavy (non-hydrogen) atoms. The van der Waals surface area contributed by atoms with Gasteiger partial charge in [0, 0.05) is 13.6 Å². The van der Waals surface area contributed by atoms with Gasteiger partial charge in [-0.1, -0.05) is 0 Å². The smallest absolute Gasteiger partial charge is 0.322 e. The van der Waals surface area contributed by atoms with Gasteiger partial charge in [-0.15, -0.1) is 0 Å². The first-order chi connectivity index (χ1) is 7.85. The van der Waals surface area contributed by atoms with E-state index < -0.39 is 21.7 Å². The average Bonchev–Trinajstić information content (AvgIpc) is 2.14. The van der Waals surface area contributed by atoms with Crippen LogP contribution in [0.1, 0.15) is 19.8 Å². The molecule has 100 valence electrons. The zero-order valence-corrected chi connectivity index (χ0v) is 10.9. The standard InChI is InChI=1S/C10H19NO5S/c1-3-16-10(13)7-17(14,15)11(2)6-8-4-9(12)5-8/h8-9,12H,3-7H2,1-2H3. The molecular weight excluding hydrogens is 246 g/mol. The van der Waals surface area contributed by atoms with E-state index in [0.717, 1.165) is 0 Å². The fraction of sp³-hybridized carbons (Fsp3) is 0.900. The fourth-order valence-electron chi connectivity index (χ4n) is 1.79. The lowest BCUT2D eigenvalue weighted by Crippen LogP contribution is -2.41. The van der Waals surface area contributed by atoms with Crippen molar-refractivity contribution >= 4 is 16.0 Å². The first kappa shape index (κ1) is 14.4. The third-order valence-electron chi connectivity index (χ3n) is 2.81. The Labute approximate surface area is 102 Å². The minimum atomic E-state index is -3.59. The number of aliphatic hydroxyl groups is 1. The van der Waals surface area contributed by atoms with Crippen molar-refractivity contribution in [2.45, 2.75) is 25.9 Å². The monoisotopic (exact) mass is 265 g/mol. The highest BCUT2D eigenvalue weighted by atomic mass is 32.2. The molecule has 0 saturated heterocycles. The van der Waals surface area contributed by atoms with Crippen molar-refractivity contribution in [3.05, 3.63) is 0 Å². The number of carbonyl (C=O) groups excluding carboxylic acids is 1. The molecule has 6 nitrogen and oxygen atoms in total. The van der Waals surface area contributed by atoms with Gasteiger partial charge in [-0.3, -0.25) is 4.79 Å². The van der Waals surface area contributed by atoms with Gasteiger partial charge in [0.25, 0.3) is 0 Å². The van der Waals surface area contributed by atoms with Crippen LogP contribution in [0.5, 0.6) is 0 Å². The lowest BCUT2D eigenvalue weighted by atomic mass is 9.82. The molecule has 0 amide bonds. The van der Waals surface area contributed by atoms with Crippen LogP contribution in [0.2, 0.25) is 0 Å². The van der Waals surface area contributed by atoms with Gasteiger partial charge in [-0.2, -0.15) is 0 Å². The number of esters is 1. The van der Waals surface area contributed by atoms with Gasteiger partial charge in [0.15, 0.2) is 5.75 Å². The predicted molar refractivity (Wildman–Crippen MR) is 61.8 cm³/mol. The molecule has 0 aromatic carbocycles. The Kier molecular flexibility index (Phi) is 4.91. The van der Waals surface area contributed by atoms with Crippen LogP contribution in [0, 0.1) is 5.92 Å². The average molecular weight is 265 g/mol. The molecule has 0 unspecified atom stereocenters. The summed E-state index contributed by atoms with van der Waals surface area (Å²) in [6.07, 6.45) is 0.944. The van der Waals surface area contributed by atoms with Crippen LogP contribution < -0.4 is 0 Å². The third kappa shape index (κ3) is 4.25. The van der Waals surface area contributed by atoms with Crippen molar-refractivity contribution in [1.29, 1.82) is 0 Å². The van der Waals surface area contributed by atoms with Crippen LogP contribution in [-0.2, 0) is 19.6 Å². The highest BCUT2D eigenvalue weighted by Gasteiger charge is 2.32. The summed E-state index contributed by atoms with van der Waals surface area (Å²) in [5.74, 6) is -1.16. The van der Waals surface area contributed by atoms with E-state index in [9.17, 15) is 13.2 Å². The third-order valence-corrected chi connectivity index (χ3v) is 4.51. The summed E-state index contributed by atoms with van der Waals surface area (Å²) in [6, 6.07) is 0. The van der Waals surface area contributed by atoms with Gasteiger partial charge in [0.1, 0.15) is 0 Å². The number of carbonyl (C=O) groups is 1. The van der Waals surface area contributed by atoms with Crippen LogP contribution in [0.4, 0.5) is 0 Å². The second-order valence-corrected chi connectivity index (χ2v) is 6.41. The Bertz CT molecular complexity index is 361. The minimum absolute atomic E-state index is 0.173. The molecular formula is C10H19NO5S. The topological polar surface area (TPSA) is 83.9 Å². The molecule has 0 spiro atoms. The molecule has 0 heterocycles. The van der Waals surface area contributed by atoms with E-state index in [-0.39, 0.29) is 18.6 Å². The maximum atomic E-state index is 11.7. The molecule has 1 saturated carbocycles. The van der Waals surface area contributed by atoms with Crippen molar-refractivity contribution < 1.29 is 23.1 Å². The highest BCUT2D eigenvalue weighted by molar-refractivity contribution is 7.89. The number of rotatable bonds is 6. The van der Waals surface area contributed by atoms with Crippen molar-refractivity contribution in [1.82, 2.24) is 4.31 Å². The number of nitrogens with zero attached hydrogens (tertiary/aromatic N) is 1. The largest absolute Gasteiger partial charge is 0.465 e. The van der Waals surface area contributed by atoms with E-state index in [2.05, 4.69) is 4.74 Å². The highest BCUT2D eigenvalue weighted by Crippen LogP contribution is 2.28. The summed E-state index contributed by atoms with van der Waals surface area (Å²) < 4.78 is 29.2. The minimum Gasteiger partial charge on any atom is -0.465 e. The zero-order chi connectivity index (χ0) is 13.1. The Morgan fingerprint density at radius 2 is 2.06 bits per heavy atom. The molecule has 0 radical (unpaired) electrons. The molecule has 7 heteroatoms. The molecule has 0 aromatic rings. The number of ether oxygens (including phenoxy) is 1. The molecule has 1 aliphatic rings. The maximum Gasteiger partial charge on any atom is 0.322 e. The summed E-state index contributed by atoms with van der Waals surface area (Å²) in [7, 11) is -2.15. The Hall–Kier alpha value is -0.660. The van der Waals surface area contributed by atoms with Crippen molar-refractivity contribution in [2.75, 3.05) is 26.0 Å². The normalized spacial score (nSPS) is 24.5. The number of aliphatic hydroxyl groups excluding tert-OH is 1. The van der Waals surface area contributed by atoms with Crippen LogP contribution >= 0.6 is 0 Å². The Balaban J connectivity index is 2.43. The van der Waals surface area contributed by atoms with E-state index in [1.807, 2.05) is 0 Å². The number of hydrogen-bond donors (Lipinski definition) is 1. The van der Waals surface area contributed by atoms with Crippen LogP contribution in [0.15, 0.2) is 0 Å². The molecule has 0 atom stereocenters. The lowest BCUT2D eigenvalue weighted by molar-refractivity contribution is -0.140. The van der Waals surface area contributed by atoms with Crippen molar-refractivity contribution in [2.24, 2.45) is 5.92 Å². The molecule has 0 bridgehead atoms. The molecule has 0 aliphatic heterocycles. The molecule has 1 fully saturated rings. The van der Waals surface area contributed by atoms with E-state index in [1.165, 1.54) is 11.4 Å². The van der Waals surface area contributed by atoms with Crippen LogP contribution in [-0.4, -0.2) is 55.9 Å². The summed E-state index contributed by atoms with van der Waals surface area (Å²) in [4.78, 5) is 11.1. The van der Waals surface area contributed by atoms with Gasteiger partial charge in [-0.05, 0) is 25.7 Å². The van der Waals surface area contributed by atoms with E-state index in [0.29, 0.717) is 19.4 Å². The molecule has 1 rings (SSSR count). The predicted octanol–water partition coefficient (Wildman–Crippen LogP) is -0.418. The summed E-state index contributed by atoms with van der Waals surface area (Å²) >= 11 is 0. The summed E-state index contributed by atoms with van der Waals surface area (Å²) in [5, 5.41) is 9.11. The van der Waals surface area contributed by atoms with E-state index >= 15 is 0 Å². The number of sulfonamides is 1. The van der Waals surface area contributed by atoms with Gasteiger partial charge in [-0.25, -0.2) is 12.7 Å². The first-order valence-corrected chi connectivity index (χ1v) is 7.23. The quantitative estimate of drug-likeness (QED) is 0.660. The van der Waals surface area contributed by atoms with Gasteiger partial charge in [0.2, 0.25) is 10.0 Å². The van der Waals surface area contributed by atoms with Crippen molar-refractivity contribution in [3.63, 3.8) is 0 Å². The van der Waals surface area contributed by atoms with Crippen molar-refractivity contribution in [3.8, 4) is 0 Å². The summed E-state index contributed by atoms with van der Waals surface area (Å²) in [6.45, 7) is 2.15. The molecule has 1 aliphatic carbocycles. The van der Waals surface area contributed by atoms with Gasteiger partial charge in [0.05, 0.1) is 12.7 Å². The first-order valence-electron chi connectivity index (χ1n) is 5.63. The Morgan fingerprint density at radius 3 is 2.53 bits per heavy atom. The van der Waals surface area contributed by atoms with Gasteiger partial charge >= 0.3 is 5.97 Å². The molecule has 0 aromatic heterocycles. The SMILES string of the molecule is CCOC(=O)CS(=O)(=O)N(C)CC1CC(O)C1. The van der Waals surface area contributed by atoms with E-state index in [1.54, 1.807) is 6.92 Å². The van der Waals surface area contributed by atoms with Crippen LogP contribution in [0.25, 0.3) is 0 Å². The molecule has 1 N–H and O–H groups in total. The summed E-state index contributed by atoms with van der Waals surface area (Å²) in [5.41, 5.74) is 0. The maximum absolute atomic E-state index is 11.7. The zero-order valence-electron chi connectivity index (χ0n) is 10.1. The second-order valence-electron chi connectivity index (χ2n) is 4.33. The Morgan fingerprint density at radius 1 is 1.47 bits per heavy atom. The second kappa shape index (κ2) is 5.79. The van der Waals surface area contributed by atoms with Crippen LogP contribution in [0.3, 0.4) is 0 Å². The number of hydrogen-bond acceptors (Lipinski definition) is 5. The lowest BCUT2D eigenvalue weighted by Gasteiger charge is -2.33. The van der Waals surface area contributed by atoms with Gasteiger partial charge < -0.3 is 9.84 Å². The fourth-order valence-corrected chi connectivity index (χ4v) is 2.83.